The lowest BCUT2D eigenvalue weighted by molar-refractivity contribution is -0.117. The number of likely N-dealkylation sites (N-methyl/N-ethyl adjacent to an activating group) is 1. The van der Waals surface area contributed by atoms with Gasteiger partial charge in [0.2, 0.25) is 5.91 Å². The van der Waals surface area contributed by atoms with Gasteiger partial charge in [-0.05, 0) is 49.7 Å². The summed E-state index contributed by atoms with van der Waals surface area (Å²) in [6.45, 7) is 6.74. The second-order valence-electron chi connectivity index (χ2n) is 7.80. The van der Waals surface area contributed by atoms with Gasteiger partial charge >= 0.3 is 6.03 Å². The van der Waals surface area contributed by atoms with Gasteiger partial charge in [0.15, 0.2) is 0 Å². The molecule has 0 bridgehead atoms. The maximum atomic E-state index is 12.4. The number of nitrogens with zero attached hydrogens (tertiary/aromatic N) is 2. The Labute approximate surface area is 172 Å². The third-order valence-corrected chi connectivity index (χ3v) is 5.34. The van der Waals surface area contributed by atoms with E-state index < -0.39 is 0 Å². The summed E-state index contributed by atoms with van der Waals surface area (Å²) in [5.74, 6) is 0.0427. The minimum atomic E-state index is -0.224. The molecule has 0 radical (unpaired) electrons. The van der Waals surface area contributed by atoms with E-state index >= 15 is 0 Å². The number of carbonyl (C=O) groups is 2. The third-order valence-electron chi connectivity index (χ3n) is 5.34. The number of urea groups is 1. The van der Waals surface area contributed by atoms with E-state index in [4.69, 9.17) is 0 Å². The molecule has 1 aliphatic rings. The minimum Gasteiger partial charge on any atom is -0.337 e. The zero-order valence-corrected chi connectivity index (χ0v) is 17.4. The fraction of sp³-hybridized carbons (Fsp3) is 0.391. The Kier molecular flexibility index (Phi) is 6.88. The Bertz CT molecular complexity index is 853. The van der Waals surface area contributed by atoms with Crippen molar-refractivity contribution in [3.8, 4) is 0 Å². The van der Waals surface area contributed by atoms with Crippen molar-refractivity contribution in [3.63, 3.8) is 0 Å². The van der Waals surface area contributed by atoms with Crippen LogP contribution >= 0.6 is 0 Å². The van der Waals surface area contributed by atoms with Crippen LogP contribution in [0.3, 0.4) is 0 Å². The number of amides is 3. The number of hydrogen-bond acceptors (Lipinski definition) is 3. The molecule has 0 aromatic heterocycles. The first-order chi connectivity index (χ1) is 13.9. The molecule has 2 aromatic rings. The lowest BCUT2D eigenvalue weighted by Gasteiger charge is -2.19. The molecule has 3 amide bonds. The SMILES string of the molecule is Cc1ccc(N2C[C@H](NC(=O)NCCN(C)Cc3ccccc3)CC2=O)cc1C. The van der Waals surface area contributed by atoms with Gasteiger partial charge in [0.05, 0.1) is 6.04 Å². The van der Waals surface area contributed by atoms with Crippen molar-refractivity contribution in [1.82, 2.24) is 15.5 Å². The van der Waals surface area contributed by atoms with Gasteiger partial charge in [-0.1, -0.05) is 36.4 Å². The zero-order chi connectivity index (χ0) is 20.8. The number of aryl methyl sites for hydroxylation is 2. The summed E-state index contributed by atoms with van der Waals surface area (Å²) >= 11 is 0. The first-order valence-corrected chi connectivity index (χ1v) is 10.1. The maximum Gasteiger partial charge on any atom is 0.315 e. The second-order valence-corrected chi connectivity index (χ2v) is 7.80. The van der Waals surface area contributed by atoms with Gasteiger partial charge in [0, 0.05) is 38.3 Å². The molecule has 6 heteroatoms. The van der Waals surface area contributed by atoms with E-state index in [2.05, 4.69) is 34.6 Å². The van der Waals surface area contributed by atoms with Crippen molar-refractivity contribution >= 4 is 17.6 Å². The highest BCUT2D eigenvalue weighted by Gasteiger charge is 2.31. The lowest BCUT2D eigenvalue weighted by atomic mass is 10.1. The summed E-state index contributed by atoms with van der Waals surface area (Å²) in [6, 6.07) is 15.9. The third kappa shape index (κ3) is 5.81. The summed E-state index contributed by atoms with van der Waals surface area (Å²) in [6.07, 6.45) is 0.328. The van der Waals surface area contributed by atoms with Crippen LogP contribution in [0.25, 0.3) is 0 Å². The number of nitrogens with one attached hydrogen (secondary N) is 2. The monoisotopic (exact) mass is 394 g/mol. The number of rotatable bonds is 7. The molecule has 29 heavy (non-hydrogen) atoms. The highest BCUT2D eigenvalue weighted by molar-refractivity contribution is 5.96. The molecule has 6 nitrogen and oxygen atoms in total. The Morgan fingerprint density at radius 1 is 1.14 bits per heavy atom. The van der Waals surface area contributed by atoms with Crippen LogP contribution in [-0.4, -0.2) is 49.6 Å². The summed E-state index contributed by atoms with van der Waals surface area (Å²) in [7, 11) is 2.03. The van der Waals surface area contributed by atoms with Gasteiger partial charge in [-0.25, -0.2) is 4.79 Å². The van der Waals surface area contributed by atoms with Crippen LogP contribution in [0.1, 0.15) is 23.1 Å². The standard InChI is InChI=1S/C23H30N4O2/c1-17-9-10-21(13-18(17)2)27-16-20(14-22(27)28)25-23(29)24-11-12-26(3)15-19-7-5-4-6-8-19/h4-10,13,20H,11-12,14-16H2,1-3H3,(H2,24,25,29)/t20-/m1/s1. The molecule has 0 unspecified atom stereocenters. The van der Waals surface area contributed by atoms with Crippen LogP contribution in [0.5, 0.6) is 0 Å². The van der Waals surface area contributed by atoms with Crippen molar-refractivity contribution in [1.29, 1.82) is 0 Å². The molecular formula is C23H30N4O2. The summed E-state index contributed by atoms with van der Waals surface area (Å²) < 4.78 is 0. The number of anilines is 1. The average molecular weight is 395 g/mol. The quantitative estimate of drug-likeness (QED) is 0.759. The highest BCUT2D eigenvalue weighted by Crippen LogP contribution is 2.24. The Morgan fingerprint density at radius 3 is 2.62 bits per heavy atom. The first-order valence-electron chi connectivity index (χ1n) is 10.1. The van der Waals surface area contributed by atoms with Crippen LogP contribution in [-0.2, 0) is 11.3 Å². The minimum absolute atomic E-state index is 0.0427. The zero-order valence-electron chi connectivity index (χ0n) is 17.4. The Morgan fingerprint density at radius 2 is 1.90 bits per heavy atom. The Balaban J connectivity index is 1.41. The smallest absolute Gasteiger partial charge is 0.315 e. The van der Waals surface area contributed by atoms with E-state index in [1.54, 1.807) is 4.90 Å². The maximum absolute atomic E-state index is 12.4. The van der Waals surface area contributed by atoms with E-state index in [0.717, 1.165) is 24.3 Å². The molecule has 1 saturated heterocycles. The molecule has 0 spiro atoms. The average Bonchev–Trinajstić information content (AvgIpc) is 3.04. The predicted molar refractivity (Wildman–Crippen MR) is 116 cm³/mol. The van der Waals surface area contributed by atoms with Crippen molar-refractivity contribution in [2.45, 2.75) is 32.9 Å². The van der Waals surface area contributed by atoms with Crippen molar-refractivity contribution in [2.75, 3.05) is 31.6 Å². The number of benzene rings is 2. The molecule has 1 heterocycles. The molecule has 2 aromatic carbocycles. The van der Waals surface area contributed by atoms with E-state index in [-0.39, 0.29) is 18.0 Å². The number of carbonyl (C=O) groups excluding carboxylic acids is 2. The Hall–Kier alpha value is -2.86. The first kappa shape index (κ1) is 20.9. The molecule has 1 aliphatic heterocycles. The fourth-order valence-electron chi connectivity index (χ4n) is 3.52. The normalized spacial score (nSPS) is 16.3. The largest absolute Gasteiger partial charge is 0.337 e. The van der Waals surface area contributed by atoms with Crippen LogP contribution in [0, 0.1) is 13.8 Å². The van der Waals surface area contributed by atoms with Gasteiger partial charge < -0.3 is 20.4 Å². The van der Waals surface area contributed by atoms with E-state index in [1.807, 2.05) is 50.4 Å². The fourth-order valence-corrected chi connectivity index (χ4v) is 3.52. The summed E-state index contributed by atoms with van der Waals surface area (Å²) in [5.41, 5.74) is 4.50. The molecule has 1 fully saturated rings. The van der Waals surface area contributed by atoms with Gasteiger partial charge in [-0.2, -0.15) is 0 Å². The molecule has 3 rings (SSSR count). The van der Waals surface area contributed by atoms with E-state index in [0.29, 0.717) is 19.5 Å². The van der Waals surface area contributed by atoms with E-state index in [9.17, 15) is 9.59 Å². The van der Waals surface area contributed by atoms with Gasteiger partial charge in [-0.3, -0.25) is 4.79 Å². The van der Waals surface area contributed by atoms with Gasteiger partial charge in [0.25, 0.3) is 0 Å². The van der Waals surface area contributed by atoms with Crippen LogP contribution in [0.2, 0.25) is 0 Å². The molecule has 0 saturated carbocycles. The van der Waals surface area contributed by atoms with Gasteiger partial charge in [-0.15, -0.1) is 0 Å². The second kappa shape index (κ2) is 9.56. The van der Waals surface area contributed by atoms with Crippen molar-refractivity contribution in [2.24, 2.45) is 0 Å². The van der Waals surface area contributed by atoms with Crippen LogP contribution in [0.15, 0.2) is 48.5 Å². The molecule has 154 valence electrons. The summed E-state index contributed by atoms with van der Waals surface area (Å²) in [4.78, 5) is 28.5. The lowest BCUT2D eigenvalue weighted by Crippen LogP contribution is -2.45. The topological polar surface area (TPSA) is 64.7 Å². The molecule has 2 N–H and O–H groups in total. The van der Waals surface area contributed by atoms with Crippen LogP contribution in [0.4, 0.5) is 10.5 Å². The van der Waals surface area contributed by atoms with Crippen LogP contribution < -0.4 is 15.5 Å². The molecule has 0 aliphatic carbocycles. The van der Waals surface area contributed by atoms with Gasteiger partial charge in [0.1, 0.15) is 0 Å². The predicted octanol–water partition coefficient (Wildman–Crippen LogP) is 2.84. The van der Waals surface area contributed by atoms with Crippen molar-refractivity contribution in [3.05, 3.63) is 65.2 Å². The molecule has 1 atom stereocenters. The summed E-state index contributed by atoms with van der Waals surface area (Å²) in [5, 5.41) is 5.82. The number of hydrogen-bond donors (Lipinski definition) is 2. The molecular weight excluding hydrogens is 364 g/mol. The van der Waals surface area contributed by atoms with E-state index in [1.165, 1.54) is 11.1 Å². The van der Waals surface area contributed by atoms with Crippen molar-refractivity contribution < 1.29 is 9.59 Å². The highest BCUT2D eigenvalue weighted by atomic mass is 16.2.